The minimum Gasteiger partial charge on any atom is -0.497 e. The maximum atomic E-state index is 13.1. The van der Waals surface area contributed by atoms with Crippen molar-refractivity contribution >= 4 is 21.7 Å². The average molecular weight is 372 g/mol. The predicted octanol–water partition coefficient (Wildman–Crippen LogP) is 4.81. The molecule has 0 N–H and O–H groups in total. The minimum atomic E-state index is 0.0282. The first-order chi connectivity index (χ1) is 13.6. The molecule has 0 atom stereocenters. The van der Waals surface area contributed by atoms with Crippen LogP contribution in [0.4, 0.5) is 0 Å². The van der Waals surface area contributed by atoms with Gasteiger partial charge in [0, 0.05) is 11.9 Å². The number of hydrogen-bond acceptors (Lipinski definition) is 3. The molecule has 1 aromatic heterocycles. The molecule has 0 saturated carbocycles. The first kappa shape index (κ1) is 18.2. The van der Waals surface area contributed by atoms with Crippen LogP contribution in [0, 0.1) is 5.92 Å². The predicted molar refractivity (Wildman–Crippen MR) is 114 cm³/mol. The number of nitrogens with zero attached hydrogens (tertiary/aromatic N) is 2. The largest absolute Gasteiger partial charge is 0.497 e. The highest BCUT2D eigenvalue weighted by Gasteiger charge is 2.12. The number of methoxy groups -OCH3 is 1. The van der Waals surface area contributed by atoms with Crippen LogP contribution < -0.4 is 10.3 Å². The van der Waals surface area contributed by atoms with Crippen molar-refractivity contribution in [1.82, 2.24) is 9.55 Å². The van der Waals surface area contributed by atoms with Crippen LogP contribution >= 0.6 is 0 Å². The summed E-state index contributed by atoms with van der Waals surface area (Å²) < 4.78 is 6.98. The normalized spacial score (nSPS) is 11.4. The molecular formula is C24H24N2O2. The Morgan fingerprint density at radius 3 is 2.39 bits per heavy atom. The molecule has 0 fully saturated rings. The van der Waals surface area contributed by atoms with E-state index in [1.807, 2.05) is 30.3 Å². The van der Waals surface area contributed by atoms with E-state index >= 15 is 0 Å². The quantitative estimate of drug-likeness (QED) is 0.473. The molecule has 3 aromatic carbocycles. The van der Waals surface area contributed by atoms with E-state index < -0.39 is 0 Å². The first-order valence-electron chi connectivity index (χ1n) is 9.59. The van der Waals surface area contributed by atoms with Crippen molar-refractivity contribution in [2.45, 2.75) is 26.8 Å². The summed E-state index contributed by atoms with van der Waals surface area (Å²) in [4.78, 5) is 17.7. The number of benzene rings is 3. The molecule has 0 aliphatic carbocycles. The van der Waals surface area contributed by atoms with Crippen LogP contribution in [0.3, 0.4) is 0 Å². The zero-order valence-electron chi connectivity index (χ0n) is 16.5. The van der Waals surface area contributed by atoms with E-state index in [0.29, 0.717) is 17.8 Å². The van der Waals surface area contributed by atoms with Gasteiger partial charge in [-0.1, -0.05) is 50.2 Å². The number of rotatable bonds is 5. The highest BCUT2D eigenvalue weighted by atomic mass is 16.5. The van der Waals surface area contributed by atoms with E-state index in [-0.39, 0.29) is 5.56 Å². The molecule has 0 spiro atoms. The van der Waals surface area contributed by atoms with Crippen molar-refractivity contribution in [1.29, 1.82) is 0 Å². The van der Waals surface area contributed by atoms with Crippen LogP contribution in [0.25, 0.3) is 21.7 Å². The average Bonchev–Trinajstić information content (AvgIpc) is 2.71. The Kier molecular flexibility index (Phi) is 4.86. The summed E-state index contributed by atoms with van der Waals surface area (Å²) in [5.41, 5.74) is 3.12. The molecule has 0 radical (unpaired) electrons. The highest BCUT2D eigenvalue weighted by molar-refractivity contribution is 6.06. The third-order valence-electron chi connectivity index (χ3n) is 5.03. The van der Waals surface area contributed by atoms with Gasteiger partial charge in [-0.15, -0.1) is 0 Å². The van der Waals surface area contributed by atoms with Gasteiger partial charge in [-0.25, -0.2) is 4.98 Å². The van der Waals surface area contributed by atoms with E-state index in [0.717, 1.165) is 34.0 Å². The van der Waals surface area contributed by atoms with Crippen LogP contribution in [0.2, 0.25) is 0 Å². The topological polar surface area (TPSA) is 44.1 Å². The van der Waals surface area contributed by atoms with Gasteiger partial charge in [-0.05, 0) is 47.1 Å². The molecule has 4 aromatic rings. The minimum absolute atomic E-state index is 0.0282. The van der Waals surface area contributed by atoms with Crippen molar-refractivity contribution in [3.05, 3.63) is 82.4 Å². The van der Waals surface area contributed by atoms with Gasteiger partial charge >= 0.3 is 0 Å². The SMILES string of the molecule is COc1ccc(Cc2cc3c(=O)n(CC(C)C)cnc3c3ccccc23)cc1. The molecule has 0 amide bonds. The molecule has 0 bridgehead atoms. The van der Waals surface area contributed by atoms with Gasteiger partial charge in [0.25, 0.3) is 5.56 Å². The van der Waals surface area contributed by atoms with Crippen LogP contribution in [0.15, 0.2) is 65.7 Å². The molecular weight excluding hydrogens is 348 g/mol. The smallest absolute Gasteiger partial charge is 0.261 e. The third kappa shape index (κ3) is 3.38. The maximum Gasteiger partial charge on any atom is 0.261 e. The van der Waals surface area contributed by atoms with Crippen LogP contribution in [0.1, 0.15) is 25.0 Å². The Morgan fingerprint density at radius 2 is 1.71 bits per heavy atom. The van der Waals surface area contributed by atoms with Gasteiger partial charge in [0.05, 0.1) is 24.3 Å². The lowest BCUT2D eigenvalue weighted by Gasteiger charge is -2.13. The molecule has 0 unspecified atom stereocenters. The molecule has 28 heavy (non-hydrogen) atoms. The Hall–Kier alpha value is -3.14. The lowest BCUT2D eigenvalue weighted by molar-refractivity contribution is 0.414. The van der Waals surface area contributed by atoms with Crippen LogP contribution in [-0.4, -0.2) is 16.7 Å². The maximum absolute atomic E-state index is 13.1. The molecule has 4 rings (SSSR count). The lowest BCUT2D eigenvalue weighted by Crippen LogP contribution is -2.23. The first-order valence-corrected chi connectivity index (χ1v) is 9.59. The van der Waals surface area contributed by atoms with E-state index in [4.69, 9.17) is 4.74 Å². The molecule has 4 nitrogen and oxygen atoms in total. The highest BCUT2D eigenvalue weighted by Crippen LogP contribution is 2.28. The van der Waals surface area contributed by atoms with Gasteiger partial charge in [0.15, 0.2) is 0 Å². The molecule has 4 heteroatoms. The summed E-state index contributed by atoms with van der Waals surface area (Å²) in [6.45, 7) is 4.88. The summed E-state index contributed by atoms with van der Waals surface area (Å²) in [6, 6.07) is 18.3. The Bertz CT molecular complexity index is 1190. The number of hydrogen-bond donors (Lipinski definition) is 0. The second-order valence-electron chi connectivity index (χ2n) is 7.60. The molecule has 1 heterocycles. The van der Waals surface area contributed by atoms with E-state index in [1.54, 1.807) is 18.0 Å². The Labute approximate surface area is 164 Å². The summed E-state index contributed by atoms with van der Waals surface area (Å²) >= 11 is 0. The van der Waals surface area contributed by atoms with Crippen LogP contribution in [0.5, 0.6) is 5.75 Å². The molecule has 0 aliphatic rings. The van der Waals surface area contributed by atoms with E-state index in [9.17, 15) is 4.79 Å². The van der Waals surface area contributed by atoms with Crippen molar-refractivity contribution in [3.63, 3.8) is 0 Å². The lowest BCUT2D eigenvalue weighted by atomic mass is 9.96. The van der Waals surface area contributed by atoms with Gasteiger partial charge in [-0.2, -0.15) is 0 Å². The second-order valence-corrected chi connectivity index (χ2v) is 7.60. The van der Waals surface area contributed by atoms with Gasteiger partial charge in [0.1, 0.15) is 5.75 Å². The third-order valence-corrected chi connectivity index (χ3v) is 5.03. The molecule has 142 valence electrons. The van der Waals surface area contributed by atoms with Gasteiger partial charge in [-0.3, -0.25) is 9.36 Å². The fourth-order valence-corrected chi connectivity index (χ4v) is 3.70. The van der Waals surface area contributed by atoms with E-state index in [2.05, 4.69) is 43.1 Å². The van der Waals surface area contributed by atoms with Crippen molar-refractivity contribution in [2.24, 2.45) is 5.92 Å². The second kappa shape index (κ2) is 7.47. The zero-order valence-corrected chi connectivity index (χ0v) is 16.5. The summed E-state index contributed by atoms with van der Waals surface area (Å²) in [6.07, 6.45) is 2.43. The van der Waals surface area contributed by atoms with Gasteiger partial charge < -0.3 is 4.74 Å². The Balaban J connectivity index is 1.90. The van der Waals surface area contributed by atoms with Crippen molar-refractivity contribution in [3.8, 4) is 5.75 Å². The van der Waals surface area contributed by atoms with Crippen molar-refractivity contribution in [2.75, 3.05) is 7.11 Å². The zero-order chi connectivity index (χ0) is 19.7. The molecule has 0 saturated heterocycles. The fourth-order valence-electron chi connectivity index (χ4n) is 3.70. The number of ether oxygens (including phenoxy) is 1. The van der Waals surface area contributed by atoms with Crippen molar-refractivity contribution < 1.29 is 4.74 Å². The fraction of sp³-hybridized carbons (Fsp3) is 0.250. The van der Waals surface area contributed by atoms with Crippen LogP contribution in [-0.2, 0) is 13.0 Å². The van der Waals surface area contributed by atoms with E-state index in [1.165, 1.54) is 5.56 Å². The number of fused-ring (bicyclic) bond motifs is 3. The summed E-state index contributed by atoms with van der Waals surface area (Å²) in [7, 11) is 1.67. The number of aromatic nitrogens is 2. The standard InChI is InChI=1S/C24H24N2O2/c1-16(2)14-26-15-25-23-21-7-5-4-6-20(21)18(13-22(23)24(26)27)12-17-8-10-19(28-3)11-9-17/h4-11,13,15-16H,12,14H2,1-3H3. The monoisotopic (exact) mass is 372 g/mol. The van der Waals surface area contributed by atoms with Gasteiger partial charge in [0.2, 0.25) is 0 Å². The summed E-state index contributed by atoms with van der Waals surface area (Å²) in [5, 5.41) is 2.85. The molecule has 0 aliphatic heterocycles. The summed E-state index contributed by atoms with van der Waals surface area (Å²) in [5.74, 6) is 1.23. The Morgan fingerprint density at radius 1 is 1.00 bits per heavy atom.